The minimum absolute atomic E-state index is 0.168. The van der Waals surface area contributed by atoms with E-state index in [1.165, 1.54) is 99.1 Å². The van der Waals surface area contributed by atoms with E-state index >= 15 is 0 Å². The molecule has 11 aromatic rings. The molecule has 2 aliphatic rings. The molecule has 0 bridgehead atoms. The van der Waals surface area contributed by atoms with E-state index in [-0.39, 0.29) is 5.92 Å². The summed E-state index contributed by atoms with van der Waals surface area (Å²) in [6.07, 6.45) is 12.9. The van der Waals surface area contributed by atoms with Gasteiger partial charge in [-0.2, -0.15) is 0 Å². The number of rotatable bonds is 8. The molecule has 2 aliphatic carbocycles. The van der Waals surface area contributed by atoms with Gasteiger partial charge in [-0.1, -0.05) is 190 Å². The molecule has 0 N–H and O–H groups in total. The van der Waals surface area contributed by atoms with Gasteiger partial charge in [0, 0.05) is 39.4 Å². The summed E-state index contributed by atoms with van der Waals surface area (Å²) >= 11 is 0. The van der Waals surface area contributed by atoms with Gasteiger partial charge in [-0.05, 0) is 163 Å². The van der Waals surface area contributed by atoms with Gasteiger partial charge in [0.1, 0.15) is 0 Å². The molecule has 0 saturated heterocycles. The Morgan fingerprint density at radius 2 is 1.11 bits per heavy atom. The van der Waals surface area contributed by atoms with Gasteiger partial charge in [0.25, 0.3) is 0 Å². The molecule has 13 rings (SSSR count). The number of nitrogens with zero attached hydrogens (tertiary/aromatic N) is 2. The van der Waals surface area contributed by atoms with Gasteiger partial charge in [0.2, 0.25) is 0 Å². The Bertz CT molecular complexity index is 3890. The molecule has 0 amide bonds. The molecule has 1 aromatic heterocycles. The number of hydrogen-bond donors (Lipinski definition) is 0. The molecule has 0 aliphatic heterocycles. The molecular weight excluding hydrogens is 845 g/mol. The van der Waals surface area contributed by atoms with E-state index in [2.05, 4.69) is 272 Å². The molecule has 70 heavy (non-hydrogen) atoms. The van der Waals surface area contributed by atoms with Crippen LogP contribution in [0.15, 0.2) is 248 Å². The van der Waals surface area contributed by atoms with Crippen LogP contribution in [-0.4, -0.2) is 4.57 Å². The molecule has 3 atom stereocenters. The van der Waals surface area contributed by atoms with Gasteiger partial charge in [0.05, 0.1) is 11.0 Å². The average Bonchev–Trinajstić information content (AvgIpc) is 3.75. The molecule has 0 radical (unpaired) electrons. The SMILES string of the molecule is CC1C=Cc2ccc3c(-c4ccc(N(C5=CC(c6ccc7c(c6)c6ccccc6n7-c6ccccc6)C(C)C=C5)c5ccc(-c6cccc(-c7ccc8ccccc8c7)c6)cc5)cc4)cccc3c2C1. The van der Waals surface area contributed by atoms with Crippen molar-refractivity contribution in [3.05, 3.63) is 265 Å². The fourth-order valence-corrected chi connectivity index (χ4v) is 11.4. The van der Waals surface area contributed by atoms with Crippen molar-refractivity contribution in [2.75, 3.05) is 4.90 Å². The number of benzene rings is 10. The number of allylic oxidation sites excluding steroid dienone is 4. The lowest BCUT2D eigenvalue weighted by atomic mass is 9.82. The van der Waals surface area contributed by atoms with Crippen LogP contribution in [0.25, 0.3) is 88.5 Å². The summed E-state index contributed by atoms with van der Waals surface area (Å²) in [6.45, 7) is 4.67. The van der Waals surface area contributed by atoms with Crippen LogP contribution in [0.2, 0.25) is 0 Å². The first kappa shape index (κ1) is 41.7. The quantitative estimate of drug-likeness (QED) is 0.148. The molecular formula is C68H52N2. The first-order valence-corrected chi connectivity index (χ1v) is 24.8. The Kier molecular flexibility index (Phi) is 10.3. The third-order valence-electron chi connectivity index (χ3n) is 15.0. The maximum Gasteiger partial charge on any atom is 0.0541 e. The second kappa shape index (κ2) is 17.3. The number of hydrogen-bond acceptors (Lipinski definition) is 1. The largest absolute Gasteiger partial charge is 0.311 e. The van der Waals surface area contributed by atoms with Gasteiger partial charge in [-0.3, -0.25) is 0 Å². The summed E-state index contributed by atoms with van der Waals surface area (Å²) in [5.41, 5.74) is 18.5. The van der Waals surface area contributed by atoms with E-state index < -0.39 is 0 Å². The van der Waals surface area contributed by atoms with Crippen molar-refractivity contribution < 1.29 is 0 Å². The molecule has 0 saturated carbocycles. The number of para-hydroxylation sites is 2. The fourth-order valence-electron chi connectivity index (χ4n) is 11.4. The predicted octanol–water partition coefficient (Wildman–Crippen LogP) is 18.3. The highest BCUT2D eigenvalue weighted by atomic mass is 15.1. The van der Waals surface area contributed by atoms with Crippen molar-refractivity contribution in [1.29, 1.82) is 0 Å². The monoisotopic (exact) mass is 896 g/mol. The van der Waals surface area contributed by atoms with Crippen LogP contribution in [0.1, 0.15) is 36.5 Å². The summed E-state index contributed by atoms with van der Waals surface area (Å²) in [4.78, 5) is 2.45. The number of anilines is 2. The predicted molar refractivity (Wildman–Crippen MR) is 298 cm³/mol. The molecule has 3 unspecified atom stereocenters. The van der Waals surface area contributed by atoms with Crippen LogP contribution in [0, 0.1) is 11.8 Å². The summed E-state index contributed by atoms with van der Waals surface area (Å²) in [5.74, 6) is 1.01. The second-order valence-electron chi connectivity index (χ2n) is 19.4. The molecule has 1 heterocycles. The van der Waals surface area contributed by atoms with Gasteiger partial charge in [0.15, 0.2) is 0 Å². The Morgan fingerprint density at radius 3 is 1.94 bits per heavy atom. The Labute approximate surface area is 410 Å². The Morgan fingerprint density at radius 1 is 0.443 bits per heavy atom. The molecule has 0 spiro atoms. The molecule has 0 fully saturated rings. The second-order valence-corrected chi connectivity index (χ2v) is 19.4. The molecule has 2 heteroatoms. The maximum absolute atomic E-state index is 2.50. The Hall–Kier alpha value is -8.46. The van der Waals surface area contributed by atoms with Crippen LogP contribution in [0.5, 0.6) is 0 Å². The smallest absolute Gasteiger partial charge is 0.0541 e. The van der Waals surface area contributed by atoms with Crippen LogP contribution >= 0.6 is 0 Å². The van der Waals surface area contributed by atoms with Gasteiger partial charge in [-0.25, -0.2) is 0 Å². The van der Waals surface area contributed by atoms with Crippen LogP contribution in [0.3, 0.4) is 0 Å². The van der Waals surface area contributed by atoms with E-state index in [9.17, 15) is 0 Å². The highest BCUT2D eigenvalue weighted by molar-refractivity contribution is 6.09. The van der Waals surface area contributed by atoms with Gasteiger partial charge >= 0.3 is 0 Å². The van der Waals surface area contributed by atoms with Gasteiger partial charge in [-0.15, -0.1) is 0 Å². The summed E-state index contributed by atoms with van der Waals surface area (Å²) in [6, 6.07) is 80.8. The topological polar surface area (TPSA) is 8.17 Å². The van der Waals surface area contributed by atoms with E-state index in [4.69, 9.17) is 0 Å². The third kappa shape index (κ3) is 7.36. The highest BCUT2D eigenvalue weighted by Gasteiger charge is 2.25. The van der Waals surface area contributed by atoms with Crippen LogP contribution < -0.4 is 4.90 Å². The van der Waals surface area contributed by atoms with Crippen molar-refractivity contribution in [1.82, 2.24) is 4.57 Å². The van der Waals surface area contributed by atoms with Crippen molar-refractivity contribution >= 4 is 60.8 Å². The molecule has 10 aromatic carbocycles. The minimum Gasteiger partial charge on any atom is -0.311 e. The maximum atomic E-state index is 2.50. The zero-order chi connectivity index (χ0) is 46.7. The van der Waals surface area contributed by atoms with Crippen molar-refractivity contribution in [3.8, 4) is 39.1 Å². The summed E-state index contributed by atoms with van der Waals surface area (Å²) < 4.78 is 2.40. The summed E-state index contributed by atoms with van der Waals surface area (Å²) in [7, 11) is 0. The zero-order valence-corrected chi connectivity index (χ0v) is 39.5. The fraction of sp³-hybridized carbons (Fsp3) is 0.0882. The number of fused-ring (bicyclic) bond motifs is 7. The number of aromatic nitrogens is 1. The van der Waals surface area contributed by atoms with E-state index in [0.717, 1.165) is 23.5 Å². The minimum atomic E-state index is 0.168. The first-order valence-electron chi connectivity index (χ1n) is 24.8. The molecule has 334 valence electrons. The van der Waals surface area contributed by atoms with Crippen molar-refractivity contribution in [3.63, 3.8) is 0 Å². The van der Waals surface area contributed by atoms with Crippen LogP contribution in [-0.2, 0) is 6.42 Å². The average molecular weight is 897 g/mol. The standard InChI is InChI=1S/C68H52N2/c1-45-22-24-50-31-38-62-60(19-11-20-61(62)65(50)40-45)49-29-36-58(37-30-49)69(57-34-27-48(28-35-57)52-14-10-15-53(41-52)54-26-25-47-12-6-7-13-51(47)42-54)59-33-23-46(2)64(44-59)55-32-39-68-66(43-55)63-18-8-9-21-67(63)70(68)56-16-4-3-5-17-56/h3-39,41-46,64H,40H2,1-2H3. The van der Waals surface area contributed by atoms with Gasteiger partial charge < -0.3 is 9.47 Å². The van der Waals surface area contributed by atoms with E-state index in [1.807, 2.05) is 0 Å². The summed E-state index contributed by atoms with van der Waals surface area (Å²) in [5, 5.41) is 7.74. The lowest BCUT2D eigenvalue weighted by Crippen LogP contribution is -2.20. The van der Waals surface area contributed by atoms with E-state index in [0.29, 0.717) is 11.8 Å². The highest BCUT2D eigenvalue weighted by Crippen LogP contribution is 2.43. The van der Waals surface area contributed by atoms with Crippen LogP contribution in [0.4, 0.5) is 11.4 Å². The zero-order valence-electron chi connectivity index (χ0n) is 39.5. The molecule has 2 nitrogen and oxygen atoms in total. The lowest BCUT2D eigenvalue weighted by Gasteiger charge is -2.32. The normalized spacial score (nSPS) is 16.5. The Balaban J connectivity index is 0.897. The van der Waals surface area contributed by atoms with Crippen molar-refractivity contribution in [2.24, 2.45) is 11.8 Å². The first-order chi connectivity index (χ1) is 34.5. The third-order valence-corrected chi connectivity index (χ3v) is 15.0. The lowest BCUT2D eigenvalue weighted by molar-refractivity contribution is 0.629. The van der Waals surface area contributed by atoms with Crippen molar-refractivity contribution in [2.45, 2.75) is 26.2 Å². The van der Waals surface area contributed by atoms with E-state index in [1.54, 1.807) is 0 Å².